The zero-order valence-electron chi connectivity index (χ0n) is 16.6. The summed E-state index contributed by atoms with van der Waals surface area (Å²) in [6, 6.07) is 11.0. The zero-order chi connectivity index (χ0) is 20.3. The number of carbonyl (C=O) groups is 1. The molecular weight excluding hydrogens is 361 g/mol. The number of amides is 1. The molecule has 6 heteroatoms. The Morgan fingerprint density at radius 3 is 2.57 bits per heavy atom. The van der Waals surface area contributed by atoms with Gasteiger partial charge in [0.1, 0.15) is 28.7 Å². The van der Waals surface area contributed by atoms with Gasteiger partial charge in [-0.1, -0.05) is 6.92 Å². The Bertz CT molecular complexity index is 835. The van der Waals surface area contributed by atoms with Crippen LogP contribution in [-0.2, 0) is 4.79 Å². The third-order valence-corrected chi connectivity index (χ3v) is 4.75. The number of nitrogens with one attached hydrogen (secondary N) is 1. The number of carbonyl (C=O) groups excluding carboxylic acids is 1. The van der Waals surface area contributed by atoms with E-state index in [4.69, 9.17) is 14.2 Å². The summed E-state index contributed by atoms with van der Waals surface area (Å²) in [5.41, 5.74) is 0.461. The first-order valence-corrected chi connectivity index (χ1v) is 9.41. The number of hydrogen-bond donors (Lipinski definition) is 1. The van der Waals surface area contributed by atoms with Gasteiger partial charge in [0.15, 0.2) is 6.10 Å². The van der Waals surface area contributed by atoms with E-state index >= 15 is 0 Å². The number of halogens is 1. The lowest BCUT2D eigenvalue weighted by atomic mass is 9.89. The molecule has 0 bridgehead atoms. The first-order valence-electron chi connectivity index (χ1n) is 9.41. The standard InChI is InChI=1S/C22H26FNO4/c1-5-19(27-15-8-6-14(23)7-9-15)21(25)24-18-13-22(2,3)28-20-11-10-16(26-4)12-17(18)20/h6-12,18-19H,5,13H2,1-4H3,(H,24,25)/t18-,19-/m0/s1. The molecule has 1 N–H and O–H groups in total. The fraction of sp³-hybridized carbons (Fsp3) is 0.409. The van der Waals surface area contributed by atoms with E-state index in [1.54, 1.807) is 7.11 Å². The van der Waals surface area contributed by atoms with E-state index in [0.717, 1.165) is 11.3 Å². The van der Waals surface area contributed by atoms with E-state index in [-0.39, 0.29) is 17.8 Å². The quantitative estimate of drug-likeness (QED) is 0.798. The van der Waals surface area contributed by atoms with E-state index in [2.05, 4.69) is 5.32 Å². The second-order valence-corrected chi connectivity index (χ2v) is 7.50. The lowest BCUT2D eigenvalue weighted by molar-refractivity contribution is -0.129. The molecule has 0 saturated carbocycles. The molecule has 1 aliphatic heterocycles. The largest absolute Gasteiger partial charge is 0.497 e. The van der Waals surface area contributed by atoms with Gasteiger partial charge in [-0.2, -0.15) is 0 Å². The van der Waals surface area contributed by atoms with E-state index in [1.807, 2.05) is 39.0 Å². The summed E-state index contributed by atoms with van der Waals surface area (Å²) < 4.78 is 30.2. The minimum Gasteiger partial charge on any atom is -0.497 e. The minimum absolute atomic E-state index is 0.219. The van der Waals surface area contributed by atoms with Crippen LogP contribution in [0.25, 0.3) is 0 Å². The molecular formula is C22H26FNO4. The molecule has 28 heavy (non-hydrogen) atoms. The van der Waals surface area contributed by atoms with Gasteiger partial charge in [-0.3, -0.25) is 4.79 Å². The molecule has 0 aromatic heterocycles. The maximum atomic E-state index is 13.1. The van der Waals surface area contributed by atoms with Gasteiger partial charge in [-0.05, 0) is 62.7 Å². The van der Waals surface area contributed by atoms with Crippen molar-refractivity contribution in [2.24, 2.45) is 0 Å². The molecule has 0 unspecified atom stereocenters. The molecule has 1 amide bonds. The SMILES string of the molecule is CC[C@H](Oc1ccc(F)cc1)C(=O)N[C@H]1CC(C)(C)Oc2ccc(OC)cc21. The van der Waals surface area contributed by atoms with Crippen LogP contribution in [0, 0.1) is 5.82 Å². The summed E-state index contributed by atoms with van der Waals surface area (Å²) in [5, 5.41) is 3.09. The molecule has 0 fully saturated rings. The van der Waals surface area contributed by atoms with Crippen molar-refractivity contribution in [3.8, 4) is 17.2 Å². The summed E-state index contributed by atoms with van der Waals surface area (Å²) >= 11 is 0. The highest BCUT2D eigenvalue weighted by Gasteiger charge is 2.36. The highest BCUT2D eigenvalue weighted by molar-refractivity contribution is 5.81. The zero-order valence-corrected chi connectivity index (χ0v) is 16.6. The van der Waals surface area contributed by atoms with Crippen LogP contribution < -0.4 is 19.5 Å². The molecule has 1 heterocycles. The molecule has 0 spiro atoms. The van der Waals surface area contributed by atoms with Gasteiger partial charge in [0, 0.05) is 12.0 Å². The van der Waals surface area contributed by atoms with Crippen molar-refractivity contribution < 1.29 is 23.4 Å². The highest BCUT2D eigenvalue weighted by atomic mass is 19.1. The van der Waals surface area contributed by atoms with Crippen LogP contribution in [0.2, 0.25) is 0 Å². The second-order valence-electron chi connectivity index (χ2n) is 7.50. The third kappa shape index (κ3) is 4.55. The number of ether oxygens (including phenoxy) is 3. The van der Waals surface area contributed by atoms with Gasteiger partial charge in [-0.25, -0.2) is 4.39 Å². The Labute approximate surface area is 164 Å². The fourth-order valence-electron chi connectivity index (χ4n) is 3.35. The van der Waals surface area contributed by atoms with Crippen molar-refractivity contribution >= 4 is 5.91 Å². The van der Waals surface area contributed by atoms with Gasteiger partial charge >= 0.3 is 0 Å². The van der Waals surface area contributed by atoms with Gasteiger partial charge in [-0.15, -0.1) is 0 Å². The topological polar surface area (TPSA) is 56.8 Å². The summed E-state index contributed by atoms with van der Waals surface area (Å²) in [5.74, 6) is 1.33. The normalized spacial score (nSPS) is 18.4. The van der Waals surface area contributed by atoms with Gasteiger partial charge in [0.2, 0.25) is 0 Å². The molecule has 2 atom stereocenters. The first-order chi connectivity index (χ1) is 13.3. The van der Waals surface area contributed by atoms with Crippen LogP contribution in [0.15, 0.2) is 42.5 Å². The van der Waals surface area contributed by atoms with E-state index in [1.165, 1.54) is 24.3 Å². The van der Waals surface area contributed by atoms with Gasteiger partial charge in [0.05, 0.1) is 13.2 Å². The van der Waals surface area contributed by atoms with E-state index in [0.29, 0.717) is 24.3 Å². The van der Waals surface area contributed by atoms with Crippen LogP contribution in [0.1, 0.15) is 45.2 Å². The Kier molecular flexibility index (Phi) is 5.77. The lowest BCUT2D eigenvalue weighted by Gasteiger charge is -2.38. The maximum absolute atomic E-state index is 13.1. The molecule has 150 valence electrons. The van der Waals surface area contributed by atoms with Gasteiger partial charge < -0.3 is 19.5 Å². The number of hydrogen-bond acceptors (Lipinski definition) is 4. The van der Waals surface area contributed by atoms with Gasteiger partial charge in [0.25, 0.3) is 5.91 Å². The second kappa shape index (κ2) is 8.09. The molecule has 0 radical (unpaired) electrons. The summed E-state index contributed by atoms with van der Waals surface area (Å²) in [7, 11) is 1.60. The Morgan fingerprint density at radius 1 is 1.25 bits per heavy atom. The lowest BCUT2D eigenvalue weighted by Crippen LogP contribution is -2.45. The van der Waals surface area contributed by atoms with Crippen LogP contribution >= 0.6 is 0 Å². The van der Waals surface area contributed by atoms with Crippen molar-refractivity contribution in [2.75, 3.05) is 7.11 Å². The first kappa shape index (κ1) is 20.0. The molecule has 2 aromatic rings. The summed E-state index contributed by atoms with van der Waals surface area (Å²) in [6.07, 6.45) is 0.428. The van der Waals surface area contributed by atoms with Crippen molar-refractivity contribution in [3.05, 3.63) is 53.8 Å². The molecule has 0 saturated heterocycles. The Hall–Kier alpha value is -2.76. The molecule has 5 nitrogen and oxygen atoms in total. The third-order valence-electron chi connectivity index (χ3n) is 4.75. The smallest absolute Gasteiger partial charge is 0.261 e. The molecule has 1 aliphatic rings. The van der Waals surface area contributed by atoms with Crippen LogP contribution in [0.3, 0.4) is 0 Å². The van der Waals surface area contributed by atoms with Crippen LogP contribution in [0.5, 0.6) is 17.2 Å². The van der Waals surface area contributed by atoms with Crippen molar-refractivity contribution in [2.45, 2.75) is 51.4 Å². The monoisotopic (exact) mass is 387 g/mol. The highest BCUT2D eigenvalue weighted by Crippen LogP contribution is 2.41. The maximum Gasteiger partial charge on any atom is 0.261 e. The number of fused-ring (bicyclic) bond motifs is 1. The number of methoxy groups -OCH3 is 1. The van der Waals surface area contributed by atoms with E-state index in [9.17, 15) is 9.18 Å². The fourth-order valence-corrected chi connectivity index (χ4v) is 3.35. The average Bonchev–Trinajstić information content (AvgIpc) is 2.66. The summed E-state index contributed by atoms with van der Waals surface area (Å²) in [6.45, 7) is 5.86. The van der Waals surface area contributed by atoms with E-state index < -0.39 is 11.7 Å². The summed E-state index contributed by atoms with van der Waals surface area (Å²) in [4.78, 5) is 12.9. The van der Waals surface area contributed by atoms with Crippen molar-refractivity contribution in [3.63, 3.8) is 0 Å². The molecule has 3 rings (SSSR count). The Morgan fingerprint density at radius 2 is 1.93 bits per heavy atom. The number of rotatable bonds is 6. The van der Waals surface area contributed by atoms with Crippen LogP contribution in [-0.4, -0.2) is 24.7 Å². The molecule has 0 aliphatic carbocycles. The van der Waals surface area contributed by atoms with Crippen molar-refractivity contribution in [1.82, 2.24) is 5.32 Å². The Balaban J connectivity index is 1.79. The van der Waals surface area contributed by atoms with Crippen molar-refractivity contribution in [1.29, 1.82) is 0 Å². The minimum atomic E-state index is -0.675. The molecule has 2 aromatic carbocycles. The number of benzene rings is 2. The predicted molar refractivity (Wildman–Crippen MR) is 104 cm³/mol. The predicted octanol–water partition coefficient (Wildman–Crippen LogP) is 4.41. The van der Waals surface area contributed by atoms with Crippen LogP contribution in [0.4, 0.5) is 4.39 Å². The average molecular weight is 387 g/mol.